The number of carbonyl (C=O) groups excluding carboxylic acids is 1. The van der Waals surface area contributed by atoms with Crippen molar-refractivity contribution < 1.29 is 27.1 Å². The van der Waals surface area contributed by atoms with E-state index < -0.39 is 17.6 Å². The van der Waals surface area contributed by atoms with E-state index in [1.165, 1.54) is 18.3 Å². The number of nitrogens with zero attached hydrogens (tertiary/aromatic N) is 2. The first-order valence-corrected chi connectivity index (χ1v) is 9.22. The van der Waals surface area contributed by atoms with Gasteiger partial charge < -0.3 is 14.1 Å². The lowest BCUT2D eigenvalue weighted by Gasteiger charge is -2.26. The molecule has 1 N–H and O–H groups in total. The van der Waals surface area contributed by atoms with Gasteiger partial charge in [-0.2, -0.15) is 18.3 Å². The van der Waals surface area contributed by atoms with Crippen molar-refractivity contribution in [3.63, 3.8) is 0 Å². The highest BCUT2D eigenvalue weighted by atomic mass is 79.9. The Hall–Kier alpha value is -2.33. The number of halogens is 4. The summed E-state index contributed by atoms with van der Waals surface area (Å²) in [6.07, 6.45) is -3.34. The topological polar surface area (TPSA) is 67.1 Å². The minimum absolute atomic E-state index is 0.220. The summed E-state index contributed by atoms with van der Waals surface area (Å²) in [5.74, 6) is 0.544. The average molecular weight is 460 g/mol. The first-order chi connectivity index (χ1) is 13.3. The summed E-state index contributed by atoms with van der Waals surface area (Å²) in [4.78, 5) is 13.9. The highest BCUT2D eigenvalue weighted by molar-refractivity contribution is 9.10. The number of ether oxygens (including phenoxy) is 1. The molecule has 10 heteroatoms. The minimum Gasteiger partial charge on any atom is -0.438 e. The molecule has 1 fully saturated rings. The van der Waals surface area contributed by atoms with Gasteiger partial charge in [0.2, 0.25) is 11.8 Å². The number of furan rings is 1. The highest BCUT2D eigenvalue weighted by Gasteiger charge is 2.30. The lowest BCUT2D eigenvalue weighted by atomic mass is 10.1. The zero-order valence-corrected chi connectivity index (χ0v) is 16.2. The Bertz CT molecular complexity index is 861. The van der Waals surface area contributed by atoms with Crippen LogP contribution in [0.3, 0.4) is 0 Å². The Labute approximate surface area is 167 Å². The van der Waals surface area contributed by atoms with Crippen LogP contribution in [0.2, 0.25) is 0 Å². The van der Waals surface area contributed by atoms with E-state index in [1.807, 2.05) is 4.90 Å². The summed E-state index contributed by atoms with van der Waals surface area (Å²) in [5.41, 5.74) is 1.74. The molecule has 2 aromatic rings. The smallest absolute Gasteiger partial charge is 0.416 e. The molecule has 2 heterocycles. The van der Waals surface area contributed by atoms with Crippen molar-refractivity contribution in [2.24, 2.45) is 5.10 Å². The maximum absolute atomic E-state index is 12.7. The Morgan fingerprint density at radius 2 is 2.04 bits per heavy atom. The Morgan fingerprint density at radius 3 is 2.75 bits per heavy atom. The number of hydrazone groups is 1. The molecule has 0 atom stereocenters. The molecule has 1 saturated heterocycles. The third-order valence-electron chi connectivity index (χ3n) is 3.99. The van der Waals surface area contributed by atoms with Gasteiger partial charge in [-0.3, -0.25) is 4.79 Å². The molecule has 0 aliphatic carbocycles. The van der Waals surface area contributed by atoms with Crippen molar-refractivity contribution in [2.75, 3.05) is 31.2 Å². The molecule has 1 aromatic heterocycles. The molecule has 1 aromatic carbocycles. The van der Waals surface area contributed by atoms with Crippen LogP contribution in [-0.4, -0.2) is 38.4 Å². The van der Waals surface area contributed by atoms with Gasteiger partial charge in [0.15, 0.2) is 5.76 Å². The van der Waals surface area contributed by atoms with E-state index in [9.17, 15) is 18.0 Å². The summed E-state index contributed by atoms with van der Waals surface area (Å²) in [6.45, 7) is 2.64. The fourth-order valence-electron chi connectivity index (χ4n) is 2.67. The molecule has 6 nitrogen and oxygen atoms in total. The van der Waals surface area contributed by atoms with Crippen LogP contribution in [0, 0.1) is 0 Å². The van der Waals surface area contributed by atoms with Crippen molar-refractivity contribution in [1.82, 2.24) is 5.43 Å². The Balaban J connectivity index is 1.57. The van der Waals surface area contributed by atoms with Crippen LogP contribution in [0.1, 0.15) is 16.9 Å². The molecule has 28 heavy (non-hydrogen) atoms. The average Bonchev–Trinajstić information content (AvgIpc) is 3.02. The molecule has 0 bridgehead atoms. The zero-order chi connectivity index (χ0) is 20.1. The van der Waals surface area contributed by atoms with Crippen LogP contribution < -0.4 is 10.3 Å². The fraction of sp³-hybridized carbons (Fsp3) is 0.333. The zero-order valence-electron chi connectivity index (χ0n) is 14.6. The number of alkyl halides is 3. The molecule has 0 spiro atoms. The van der Waals surface area contributed by atoms with Crippen molar-refractivity contribution >= 4 is 33.9 Å². The SMILES string of the molecule is O=C(Cc1cccc(C(F)(F)F)c1)N/N=C/c1cc(Br)c(N2CCOCC2)o1. The summed E-state index contributed by atoms with van der Waals surface area (Å²) >= 11 is 3.42. The van der Waals surface area contributed by atoms with Gasteiger partial charge >= 0.3 is 6.18 Å². The van der Waals surface area contributed by atoms with Gasteiger partial charge in [-0.05, 0) is 27.6 Å². The molecule has 0 radical (unpaired) electrons. The molecule has 0 saturated carbocycles. The molecular formula is C18H17BrF3N3O3. The molecule has 1 amide bonds. The predicted octanol–water partition coefficient (Wildman–Crippen LogP) is 3.59. The van der Waals surface area contributed by atoms with Crippen LogP contribution in [0.25, 0.3) is 0 Å². The molecule has 1 aliphatic rings. The number of carbonyl (C=O) groups is 1. The first kappa shape index (κ1) is 20.4. The van der Waals surface area contributed by atoms with Gasteiger partial charge in [-0.1, -0.05) is 18.2 Å². The van der Waals surface area contributed by atoms with Gasteiger partial charge in [0.1, 0.15) is 0 Å². The highest BCUT2D eigenvalue weighted by Crippen LogP contribution is 2.30. The maximum Gasteiger partial charge on any atom is 0.416 e. The van der Waals surface area contributed by atoms with Gasteiger partial charge in [0.25, 0.3) is 0 Å². The predicted molar refractivity (Wildman–Crippen MR) is 100 cm³/mol. The normalized spacial score (nSPS) is 15.2. The van der Waals surface area contributed by atoms with Crippen molar-refractivity contribution in [3.8, 4) is 0 Å². The van der Waals surface area contributed by atoms with Crippen LogP contribution in [0.4, 0.5) is 19.1 Å². The molecule has 3 rings (SSSR count). The quantitative estimate of drug-likeness (QED) is 0.547. The van der Waals surface area contributed by atoms with Gasteiger partial charge in [-0.25, -0.2) is 5.43 Å². The summed E-state index contributed by atoms with van der Waals surface area (Å²) in [6, 6.07) is 6.34. The minimum atomic E-state index is -4.45. The second-order valence-electron chi connectivity index (χ2n) is 6.07. The van der Waals surface area contributed by atoms with E-state index in [4.69, 9.17) is 9.15 Å². The second kappa shape index (κ2) is 8.78. The van der Waals surface area contributed by atoms with Gasteiger partial charge in [0, 0.05) is 19.2 Å². The number of morpholine rings is 1. The van der Waals surface area contributed by atoms with E-state index in [-0.39, 0.29) is 12.0 Å². The Kier molecular flexibility index (Phi) is 6.40. The van der Waals surface area contributed by atoms with E-state index in [2.05, 4.69) is 26.5 Å². The maximum atomic E-state index is 12.7. The van der Waals surface area contributed by atoms with Crippen molar-refractivity contribution in [3.05, 3.63) is 51.7 Å². The third kappa shape index (κ3) is 5.35. The number of hydrogen-bond acceptors (Lipinski definition) is 5. The van der Waals surface area contributed by atoms with Gasteiger partial charge in [0.05, 0.1) is 35.9 Å². The lowest BCUT2D eigenvalue weighted by molar-refractivity contribution is -0.137. The van der Waals surface area contributed by atoms with Crippen molar-refractivity contribution in [1.29, 1.82) is 0 Å². The molecule has 0 unspecified atom stereocenters. The molecule has 150 valence electrons. The van der Waals surface area contributed by atoms with Crippen LogP contribution in [-0.2, 0) is 22.1 Å². The lowest BCUT2D eigenvalue weighted by Crippen LogP contribution is -2.36. The van der Waals surface area contributed by atoms with Crippen molar-refractivity contribution in [2.45, 2.75) is 12.6 Å². The number of amides is 1. The number of nitrogens with one attached hydrogen (secondary N) is 1. The second-order valence-corrected chi connectivity index (χ2v) is 6.92. The van der Waals surface area contributed by atoms with Gasteiger partial charge in [-0.15, -0.1) is 0 Å². The Morgan fingerprint density at radius 1 is 1.29 bits per heavy atom. The number of anilines is 1. The molecule has 1 aliphatic heterocycles. The summed E-state index contributed by atoms with van der Waals surface area (Å²) in [5, 5.41) is 3.80. The first-order valence-electron chi connectivity index (χ1n) is 8.43. The van der Waals surface area contributed by atoms with E-state index in [1.54, 1.807) is 6.07 Å². The van der Waals surface area contributed by atoms with Crippen LogP contribution >= 0.6 is 15.9 Å². The molecular weight excluding hydrogens is 443 g/mol. The largest absolute Gasteiger partial charge is 0.438 e. The number of benzene rings is 1. The monoisotopic (exact) mass is 459 g/mol. The summed E-state index contributed by atoms with van der Waals surface area (Å²) < 4.78 is 49.9. The van der Waals surface area contributed by atoms with E-state index >= 15 is 0 Å². The van der Waals surface area contributed by atoms with Crippen LogP contribution in [0.15, 0.2) is 44.3 Å². The number of hydrogen-bond donors (Lipinski definition) is 1. The third-order valence-corrected chi connectivity index (χ3v) is 4.55. The van der Waals surface area contributed by atoms with E-state index in [0.717, 1.165) is 16.6 Å². The van der Waals surface area contributed by atoms with Crippen LogP contribution in [0.5, 0.6) is 0 Å². The summed E-state index contributed by atoms with van der Waals surface area (Å²) in [7, 11) is 0. The fourth-order valence-corrected chi connectivity index (χ4v) is 3.23. The standard InChI is InChI=1S/C18H17BrF3N3O3/c19-15-10-14(28-17(15)25-4-6-27-7-5-25)11-23-24-16(26)9-12-2-1-3-13(8-12)18(20,21)22/h1-3,8,10-11H,4-7,9H2,(H,24,26)/b23-11+. The number of rotatable bonds is 5. The van der Waals surface area contributed by atoms with E-state index in [0.29, 0.717) is 37.9 Å².